The van der Waals surface area contributed by atoms with Crippen molar-refractivity contribution in [2.24, 2.45) is 4.99 Å². The van der Waals surface area contributed by atoms with Gasteiger partial charge in [0.1, 0.15) is 11.5 Å². The first-order valence-corrected chi connectivity index (χ1v) is 5.48. The van der Waals surface area contributed by atoms with E-state index in [4.69, 9.17) is 5.73 Å². The van der Waals surface area contributed by atoms with Crippen LogP contribution in [0.1, 0.15) is 11.1 Å². The van der Waals surface area contributed by atoms with E-state index in [2.05, 4.69) is 4.99 Å². The molecule has 4 N–H and O–H groups in total. The standard InChI is InChI=1S/C14H14N2O2.Pt/c1-9-6-11(17)3-5-14(9)16-8-10-7-12(18)2-4-13(10)15;/h2-8,17-18H,15H2,1H3;. The summed E-state index contributed by atoms with van der Waals surface area (Å²) in [7, 11) is 0. The molecule has 2 aromatic carbocycles. The van der Waals surface area contributed by atoms with Crippen molar-refractivity contribution >= 4 is 17.6 Å². The van der Waals surface area contributed by atoms with Gasteiger partial charge in [-0.3, -0.25) is 4.99 Å². The van der Waals surface area contributed by atoms with Crippen molar-refractivity contribution in [1.82, 2.24) is 0 Å². The van der Waals surface area contributed by atoms with Gasteiger partial charge in [0.2, 0.25) is 0 Å². The molecular weight excluding hydrogens is 423 g/mol. The second-order valence-corrected chi connectivity index (χ2v) is 4.04. The van der Waals surface area contributed by atoms with E-state index in [1.54, 1.807) is 36.5 Å². The normalized spacial score (nSPS) is 10.4. The Bertz CT molecular complexity index is 612. The van der Waals surface area contributed by atoms with Gasteiger partial charge in [0.15, 0.2) is 0 Å². The average molecular weight is 437 g/mol. The van der Waals surface area contributed by atoms with Crippen LogP contribution in [0, 0.1) is 6.92 Å². The van der Waals surface area contributed by atoms with Gasteiger partial charge in [-0.15, -0.1) is 0 Å². The first-order chi connectivity index (χ1) is 8.56. The number of hydrogen-bond donors (Lipinski definition) is 3. The summed E-state index contributed by atoms with van der Waals surface area (Å²) in [6.45, 7) is 1.86. The molecule has 0 unspecified atom stereocenters. The number of rotatable bonds is 2. The molecule has 0 radical (unpaired) electrons. The van der Waals surface area contributed by atoms with E-state index in [0.717, 1.165) is 11.3 Å². The van der Waals surface area contributed by atoms with Gasteiger partial charge in [0, 0.05) is 38.5 Å². The van der Waals surface area contributed by atoms with Crippen LogP contribution in [0.2, 0.25) is 0 Å². The molecule has 0 aliphatic heterocycles. The van der Waals surface area contributed by atoms with Crippen LogP contribution in [0.3, 0.4) is 0 Å². The van der Waals surface area contributed by atoms with Crippen LogP contribution in [-0.2, 0) is 21.1 Å². The third-order valence-electron chi connectivity index (χ3n) is 2.59. The Morgan fingerprint density at radius 1 is 1.05 bits per heavy atom. The fourth-order valence-electron chi connectivity index (χ4n) is 1.60. The number of hydrogen-bond acceptors (Lipinski definition) is 4. The smallest absolute Gasteiger partial charge is 0.116 e. The number of aryl methyl sites for hydroxylation is 1. The zero-order valence-electron chi connectivity index (χ0n) is 10.3. The molecule has 0 saturated heterocycles. The van der Waals surface area contributed by atoms with E-state index in [0.29, 0.717) is 11.3 Å². The molecule has 5 heteroatoms. The monoisotopic (exact) mass is 437 g/mol. The van der Waals surface area contributed by atoms with Crippen LogP contribution in [0.4, 0.5) is 11.4 Å². The number of aromatic hydroxyl groups is 2. The van der Waals surface area contributed by atoms with E-state index in [1.165, 1.54) is 6.07 Å². The summed E-state index contributed by atoms with van der Waals surface area (Å²) in [6.07, 6.45) is 1.59. The van der Waals surface area contributed by atoms with Gasteiger partial charge < -0.3 is 15.9 Å². The van der Waals surface area contributed by atoms with Gasteiger partial charge in [0.05, 0.1) is 5.69 Å². The van der Waals surface area contributed by atoms with Crippen LogP contribution in [0.15, 0.2) is 41.4 Å². The largest absolute Gasteiger partial charge is 0.508 e. The van der Waals surface area contributed by atoms with Crippen molar-refractivity contribution in [3.05, 3.63) is 47.5 Å². The van der Waals surface area contributed by atoms with Crippen LogP contribution >= 0.6 is 0 Å². The molecule has 0 aliphatic carbocycles. The minimum Gasteiger partial charge on any atom is -0.508 e. The molecule has 0 saturated carbocycles. The Morgan fingerprint density at radius 3 is 2.37 bits per heavy atom. The number of phenols is 2. The summed E-state index contributed by atoms with van der Waals surface area (Å²) in [5.41, 5.74) is 8.59. The van der Waals surface area contributed by atoms with E-state index >= 15 is 0 Å². The number of phenolic OH excluding ortho intramolecular Hbond substituents is 2. The van der Waals surface area contributed by atoms with Crippen LogP contribution in [0.25, 0.3) is 0 Å². The number of nitrogens with zero attached hydrogens (tertiary/aromatic N) is 1. The summed E-state index contributed by atoms with van der Waals surface area (Å²) in [4.78, 5) is 4.29. The van der Waals surface area contributed by atoms with Crippen molar-refractivity contribution < 1.29 is 31.3 Å². The third-order valence-corrected chi connectivity index (χ3v) is 2.59. The summed E-state index contributed by atoms with van der Waals surface area (Å²) in [5, 5.41) is 18.7. The molecule has 0 heterocycles. The molecule has 0 fully saturated rings. The quantitative estimate of drug-likeness (QED) is 0.384. The Morgan fingerprint density at radius 2 is 1.68 bits per heavy atom. The first-order valence-electron chi connectivity index (χ1n) is 5.48. The Kier molecular flexibility index (Phi) is 5.13. The van der Waals surface area contributed by atoms with Gasteiger partial charge in [0.25, 0.3) is 0 Å². The van der Waals surface area contributed by atoms with Gasteiger partial charge in [-0.25, -0.2) is 0 Å². The van der Waals surface area contributed by atoms with Crippen molar-refractivity contribution in [3.8, 4) is 11.5 Å². The van der Waals surface area contributed by atoms with E-state index in [1.807, 2.05) is 6.92 Å². The molecule has 2 rings (SSSR count). The molecule has 0 spiro atoms. The topological polar surface area (TPSA) is 78.8 Å². The molecule has 4 nitrogen and oxygen atoms in total. The van der Waals surface area contributed by atoms with E-state index in [-0.39, 0.29) is 32.6 Å². The molecule has 102 valence electrons. The molecule has 0 aromatic heterocycles. The minimum atomic E-state index is 0. The zero-order valence-corrected chi connectivity index (χ0v) is 12.5. The van der Waals surface area contributed by atoms with E-state index < -0.39 is 0 Å². The zero-order chi connectivity index (χ0) is 13.1. The number of nitrogens with two attached hydrogens (primary N) is 1. The van der Waals surface area contributed by atoms with Crippen molar-refractivity contribution in [2.45, 2.75) is 6.92 Å². The Labute approximate surface area is 125 Å². The van der Waals surface area contributed by atoms with Crippen LogP contribution in [-0.4, -0.2) is 16.4 Å². The molecule has 0 atom stereocenters. The van der Waals surface area contributed by atoms with Crippen LogP contribution in [0.5, 0.6) is 11.5 Å². The summed E-state index contributed by atoms with van der Waals surface area (Å²) in [5.74, 6) is 0.358. The maximum atomic E-state index is 9.38. The number of benzene rings is 2. The molecular formula is C14H14N2O2Pt. The minimum absolute atomic E-state index is 0. The van der Waals surface area contributed by atoms with Crippen molar-refractivity contribution in [1.29, 1.82) is 0 Å². The second kappa shape index (κ2) is 6.39. The van der Waals surface area contributed by atoms with E-state index in [9.17, 15) is 10.2 Å². The molecule has 0 aliphatic rings. The predicted molar refractivity (Wildman–Crippen MR) is 72.6 cm³/mol. The van der Waals surface area contributed by atoms with Crippen molar-refractivity contribution in [2.75, 3.05) is 5.73 Å². The van der Waals surface area contributed by atoms with Gasteiger partial charge in [-0.1, -0.05) is 0 Å². The van der Waals surface area contributed by atoms with Gasteiger partial charge in [-0.05, 0) is 48.9 Å². The summed E-state index contributed by atoms with van der Waals surface area (Å²) >= 11 is 0. The number of anilines is 1. The number of nitrogen functional groups attached to an aromatic ring is 1. The fourth-order valence-corrected chi connectivity index (χ4v) is 1.60. The third kappa shape index (κ3) is 3.83. The Hall–Kier alpha value is -1.80. The predicted octanol–water partition coefficient (Wildman–Crippen LogP) is 2.74. The molecule has 0 bridgehead atoms. The van der Waals surface area contributed by atoms with Crippen LogP contribution < -0.4 is 5.73 Å². The molecule has 19 heavy (non-hydrogen) atoms. The van der Waals surface area contributed by atoms with Gasteiger partial charge >= 0.3 is 0 Å². The molecule has 2 aromatic rings. The average Bonchev–Trinajstić information content (AvgIpc) is 2.32. The molecule has 0 amide bonds. The Balaban J connectivity index is 0.00000180. The summed E-state index contributed by atoms with van der Waals surface area (Å²) in [6, 6.07) is 9.64. The SMILES string of the molecule is Cc1cc(O)ccc1N=Cc1cc(O)ccc1N.[Pt]. The van der Waals surface area contributed by atoms with Gasteiger partial charge in [-0.2, -0.15) is 0 Å². The maximum Gasteiger partial charge on any atom is 0.116 e. The first kappa shape index (κ1) is 15.3. The summed E-state index contributed by atoms with van der Waals surface area (Å²) < 4.78 is 0. The maximum absolute atomic E-state index is 9.38. The fraction of sp³-hybridized carbons (Fsp3) is 0.0714. The number of aliphatic imine (C=N–C) groups is 1. The second-order valence-electron chi connectivity index (χ2n) is 4.04. The van der Waals surface area contributed by atoms with Crippen molar-refractivity contribution in [3.63, 3.8) is 0 Å².